The van der Waals surface area contributed by atoms with E-state index in [2.05, 4.69) is 0 Å². The lowest BCUT2D eigenvalue weighted by Crippen LogP contribution is -2.41. The van der Waals surface area contributed by atoms with Crippen molar-refractivity contribution < 1.29 is 36.9 Å². The lowest BCUT2D eigenvalue weighted by molar-refractivity contribution is -0.144. The van der Waals surface area contributed by atoms with E-state index in [0.29, 0.717) is 11.1 Å². The summed E-state index contributed by atoms with van der Waals surface area (Å²) in [5, 5.41) is 8.82. The second kappa shape index (κ2) is 10.1. The van der Waals surface area contributed by atoms with E-state index in [1.165, 1.54) is 13.0 Å². The van der Waals surface area contributed by atoms with Crippen LogP contribution in [0, 0.1) is 12.7 Å². The Hall–Kier alpha value is -3.80. The van der Waals surface area contributed by atoms with E-state index < -0.39 is 46.7 Å². The zero-order chi connectivity index (χ0) is 26.9. The molecule has 0 saturated heterocycles. The number of carboxylic acid groups (broad SMARTS) is 1. The maximum atomic E-state index is 14.7. The summed E-state index contributed by atoms with van der Waals surface area (Å²) in [6, 6.07) is 6.71. The molecule has 0 saturated carbocycles. The zero-order valence-electron chi connectivity index (χ0n) is 19.0. The third-order valence-corrected chi connectivity index (χ3v) is 5.45. The van der Waals surface area contributed by atoms with E-state index in [4.69, 9.17) is 26.2 Å². The average Bonchev–Trinajstić information content (AvgIpc) is 2.78. The molecule has 13 heteroatoms. The summed E-state index contributed by atoms with van der Waals surface area (Å²) in [6.07, 6.45) is -6.09. The normalized spacial score (nSPS) is 12.3. The third kappa shape index (κ3) is 5.54. The summed E-state index contributed by atoms with van der Waals surface area (Å²) in [6.45, 7) is 2.90. The molecule has 0 aliphatic carbocycles. The van der Waals surface area contributed by atoms with Gasteiger partial charge in [0, 0.05) is 19.2 Å². The number of halogens is 5. The van der Waals surface area contributed by atoms with Crippen molar-refractivity contribution >= 4 is 17.6 Å². The minimum absolute atomic E-state index is 0.163. The molecule has 0 spiro atoms. The quantitative estimate of drug-likeness (QED) is 0.462. The lowest BCUT2D eigenvalue weighted by atomic mass is 10.1. The van der Waals surface area contributed by atoms with Gasteiger partial charge < -0.3 is 14.6 Å². The van der Waals surface area contributed by atoms with Crippen molar-refractivity contribution in [1.29, 1.82) is 0 Å². The Balaban J connectivity index is 1.97. The van der Waals surface area contributed by atoms with Gasteiger partial charge in [-0.1, -0.05) is 23.7 Å². The molecule has 0 radical (unpaired) electrons. The molecule has 0 bridgehead atoms. The number of nitrogens with zero attached hydrogens (tertiary/aromatic N) is 2. The predicted octanol–water partition coefficient (Wildman–Crippen LogP) is 4.09. The molecule has 1 heterocycles. The SMILES string of the molecule is Cc1ccc(COc2cc(-n3c(=O)cc(C(F)(F)F)n(C)c3=O)c(F)cc2Cl)cc1OC(C)C(=O)O. The molecule has 3 rings (SSSR count). The second-order valence-electron chi connectivity index (χ2n) is 7.76. The number of carboxylic acids is 1. The first-order valence-electron chi connectivity index (χ1n) is 10.2. The Morgan fingerprint density at radius 3 is 2.42 bits per heavy atom. The number of ether oxygens (including phenoxy) is 2. The predicted molar refractivity (Wildman–Crippen MR) is 120 cm³/mol. The summed E-state index contributed by atoms with van der Waals surface area (Å²) in [5.41, 5.74) is -3.80. The highest BCUT2D eigenvalue weighted by Crippen LogP contribution is 2.31. The largest absolute Gasteiger partial charge is 0.487 e. The summed E-state index contributed by atoms with van der Waals surface area (Å²) in [7, 11) is 0.800. The van der Waals surface area contributed by atoms with Crippen LogP contribution < -0.4 is 20.7 Å². The molecule has 1 N–H and O–H groups in total. The highest BCUT2D eigenvalue weighted by Gasteiger charge is 2.35. The number of aliphatic carboxylic acids is 1. The van der Waals surface area contributed by atoms with Gasteiger partial charge in [0.2, 0.25) is 0 Å². The minimum Gasteiger partial charge on any atom is -0.487 e. The van der Waals surface area contributed by atoms with Crippen LogP contribution >= 0.6 is 11.6 Å². The highest BCUT2D eigenvalue weighted by atomic mass is 35.5. The van der Waals surface area contributed by atoms with Crippen LogP contribution in [0.3, 0.4) is 0 Å². The first kappa shape index (κ1) is 26.8. The monoisotopic (exact) mass is 530 g/mol. The van der Waals surface area contributed by atoms with Crippen molar-refractivity contribution in [2.75, 3.05) is 0 Å². The van der Waals surface area contributed by atoms with Crippen LogP contribution in [-0.2, 0) is 24.6 Å². The number of aryl methyl sites for hydroxylation is 1. The minimum atomic E-state index is -4.97. The van der Waals surface area contributed by atoms with Gasteiger partial charge in [-0.05, 0) is 37.1 Å². The van der Waals surface area contributed by atoms with Crippen LogP contribution in [0.25, 0.3) is 5.69 Å². The third-order valence-electron chi connectivity index (χ3n) is 5.15. The summed E-state index contributed by atoms with van der Waals surface area (Å²) >= 11 is 6.04. The van der Waals surface area contributed by atoms with Crippen LogP contribution in [0.5, 0.6) is 11.5 Å². The standard InChI is InChI=1S/C23H19ClF4N2O6/c1-11-4-5-13(6-17(11)36-12(2)21(32)33)10-35-18-8-16(15(25)7-14(18)24)30-20(31)9-19(23(26,27)28)29(3)22(30)34/h4-9,12H,10H2,1-3H3,(H,32,33). The van der Waals surface area contributed by atoms with Gasteiger partial charge >= 0.3 is 17.8 Å². The van der Waals surface area contributed by atoms with E-state index in [1.807, 2.05) is 0 Å². The van der Waals surface area contributed by atoms with Crippen molar-refractivity contribution in [3.05, 3.63) is 84.9 Å². The Morgan fingerprint density at radius 2 is 1.81 bits per heavy atom. The maximum Gasteiger partial charge on any atom is 0.431 e. The van der Waals surface area contributed by atoms with Crippen molar-refractivity contribution in [3.8, 4) is 17.2 Å². The number of aromatic nitrogens is 2. The van der Waals surface area contributed by atoms with Gasteiger partial charge in [-0.15, -0.1) is 0 Å². The van der Waals surface area contributed by atoms with Crippen molar-refractivity contribution in [1.82, 2.24) is 9.13 Å². The van der Waals surface area contributed by atoms with Crippen molar-refractivity contribution in [2.24, 2.45) is 7.05 Å². The Morgan fingerprint density at radius 1 is 1.14 bits per heavy atom. The Bertz CT molecular complexity index is 1450. The molecule has 0 aliphatic heterocycles. The Kier molecular flexibility index (Phi) is 7.48. The van der Waals surface area contributed by atoms with Gasteiger partial charge in [0.1, 0.15) is 29.6 Å². The van der Waals surface area contributed by atoms with Crippen LogP contribution in [0.2, 0.25) is 5.02 Å². The van der Waals surface area contributed by atoms with Gasteiger partial charge in [-0.25, -0.2) is 18.5 Å². The van der Waals surface area contributed by atoms with Crippen LogP contribution in [0.1, 0.15) is 23.7 Å². The van der Waals surface area contributed by atoms with Crippen molar-refractivity contribution in [2.45, 2.75) is 32.7 Å². The molecule has 1 atom stereocenters. The first-order chi connectivity index (χ1) is 16.7. The summed E-state index contributed by atoms with van der Waals surface area (Å²) in [4.78, 5) is 35.9. The molecular weight excluding hydrogens is 512 g/mol. The van der Waals surface area contributed by atoms with Crippen molar-refractivity contribution in [3.63, 3.8) is 0 Å². The van der Waals surface area contributed by atoms with E-state index >= 15 is 0 Å². The van der Waals surface area contributed by atoms with Gasteiger partial charge in [-0.3, -0.25) is 9.36 Å². The topological polar surface area (TPSA) is 99.8 Å². The van der Waals surface area contributed by atoms with Crippen LogP contribution in [0.15, 0.2) is 46.0 Å². The van der Waals surface area contributed by atoms with Gasteiger partial charge in [0.05, 0.1) is 10.7 Å². The maximum absolute atomic E-state index is 14.7. The number of rotatable bonds is 7. The fourth-order valence-corrected chi connectivity index (χ4v) is 3.39. The lowest BCUT2D eigenvalue weighted by Gasteiger charge is -2.16. The van der Waals surface area contributed by atoms with Gasteiger partial charge in [-0.2, -0.15) is 13.2 Å². The highest BCUT2D eigenvalue weighted by molar-refractivity contribution is 6.32. The smallest absolute Gasteiger partial charge is 0.431 e. The molecule has 1 aromatic heterocycles. The van der Waals surface area contributed by atoms with Gasteiger partial charge in [0.25, 0.3) is 5.56 Å². The molecule has 0 fully saturated rings. The molecule has 8 nitrogen and oxygen atoms in total. The molecule has 192 valence electrons. The number of hydrogen-bond donors (Lipinski definition) is 1. The molecule has 36 heavy (non-hydrogen) atoms. The van der Waals surface area contributed by atoms with E-state index in [0.717, 1.165) is 19.2 Å². The van der Waals surface area contributed by atoms with E-state index in [9.17, 15) is 31.9 Å². The average molecular weight is 531 g/mol. The number of benzene rings is 2. The molecule has 0 amide bonds. The van der Waals surface area contributed by atoms with Crippen LogP contribution in [-0.4, -0.2) is 26.3 Å². The Labute approximate surface area is 205 Å². The fraction of sp³-hybridized carbons (Fsp3) is 0.261. The molecule has 3 aromatic rings. The molecular formula is C23H19ClF4N2O6. The first-order valence-corrected chi connectivity index (χ1v) is 10.6. The number of carbonyl (C=O) groups is 1. The molecule has 2 aromatic carbocycles. The van der Waals surface area contributed by atoms with E-state index in [-0.39, 0.29) is 38.3 Å². The second-order valence-corrected chi connectivity index (χ2v) is 8.17. The zero-order valence-corrected chi connectivity index (χ0v) is 19.8. The van der Waals surface area contributed by atoms with E-state index in [1.54, 1.807) is 19.1 Å². The number of hydrogen-bond acceptors (Lipinski definition) is 5. The molecule has 1 unspecified atom stereocenters. The summed E-state index contributed by atoms with van der Waals surface area (Å²) < 4.78 is 65.4. The molecule has 0 aliphatic rings. The number of alkyl halides is 3. The summed E-state index contributed by atoms with van der Waals surface area (Å²) in [5.74, 6) is -2.17. The van der Waals surface area contributed by atoms with Crippen LogP contribution in [0.4, 0.5) is 17.6 Å². The fourth-order valence-electron chi connectivity index (χ4n) is 3.18. The van der Waals surface area contributed by atoms with Gasteiger partial charge in [0.15, 0.2) is 6.10 Å².